The Morgan fingerprint density at radius 1 is 1.13 bits per heavy atom. The molecule has 1 N–H and O–H groups in total. The summed E-state index contributed by atoms with van der Waals surface area (Å²) in [5, 5.41) is 3.08. The van der Waals surface area contributed by atoms with E-state index in [1.54, 1.807) is 0 Å². The number of furan rings is 1. The fourth-order valence-electron chi connectivity index (χ4n) is 2.80. The van der Waals surface area contributed by atoms with Crippen LogP contribution in [0.2, 0.25) is 0 Å². The standard InChI is InChI=1S/C19H26N2O2/c1-5-21(6-2)18(16-10-8-7-9-11-16)19(22)20-15(4)17-13-12-14(3)23-17/h7-13,15,18H,5-6H2,1-4H3,(H,20,22). The van der Waals surface area contributed by atoms with Crippen LogP contribution in [-0.4, -0.2) is 23.9 Å². The van der Waals surface area contributed by atoms with E-state index in [0.29, 0.717) is 0 Å². The zero-order valence-electron chi connectivity index (χ0n) is 14.4. The van der Waals surface area contributed by atoms with Crippen molar-refractivity contribution in [2.75, 3.05) is 13.1 Å². The molecule has 2 atom stereocenters. The maximum absolute atomic E-state index is 12.9. The lowest BCUT2D eigenvalue weighted by Gasteiger charge is -2.30. The Morgan fingerprint density at radius 3 is 2.30 bits per heavy atom. The van der Waals surface area contributed by atoms with Gasteiger partial charge < -0.3 is 9.73 Å². The number of hydrogen-bond acceptors (Lipinski definition) is 3. The number of aryl methyl sites for hydroxylation is 1. The van der Waals surface area contributed by atoms with Crippen molar-refractivity contribution in [3.63, 3.8) is 0 Å². The summed E-state index contributed by atoms with van der Waals surface area (Å²) in [5.74, 6) is 1.63. The average molecular weight is 314 g/mol. The van der Waals surface area contributed by atoms with E-state index in [-0.39, 0.29) is 18.0 Å². The zero-order valence-corrected chi connectivity index (χ0v) is 14.4. The van der Waals surface area contributed by atoms with Crippen LogP contribution in [0.5, 0.6) is 0 Å². The minimum atomic E-state index is -0.287. The molecular formula is C19H26N2O2. The molecule has 1 heterocycles. The van der Waals surface area contributed by atoms with Crippen LogP contribution in [0.3, 0.4) is 0 Å². The van der Waals surface area contributed by atoms with Crippen LogP contribution >= 0.6 is 0 Å². The van der Waals surface area contributed by atoms with Gasteiger partial charge in [-0.05, 0) is 44.6 Å². The van der Waals surface area contributed by atoms with Gasteiger partial charge in [0.15, 0.2) is 0 Å². The average Bonchev–Trinajstić information content (AvgIpc) is 2.99. The van der Waals surface area contributed by atoms with Crippen LogP contribution in [0.15, 0.2) is 46.9 Å². The van der Waals surface area contributed by atoms with E-state index in [1.807, 2.05) is 56.3 Å². The molecule has 124 valence electrons. The molecule has 4 nitrogen and oxygen atoms in total. The fraction of sp³-hybridized carbons (Fsp3) is 0.421. The predicted molar refractivity (Wildman–Crippen MR) is 92.1 cm³/mol. The van der Waals surface area contributed by atoms with E-state index in [1.165, 1.54) is 0 Å². The van der Waals surface area contributed by atoms with Gasteiger partial charge in [-0.2, -0.15) is 0 Å². The lowest BCUT2D eigenvalue weighted by molar-refractivity contribution is -0.127. The first-order valence-corrected chi connectivity index (χ1v) is 8.22. The number of amides is 1. The first-order valence-electron chi connectivity index (χ1n) is 8.22. The molecule has 0 aliphatic carbocycles. The van der Waals surface area contributed by atoms with E-state index >= 15 is 0 Å². The highest BCUT2D eigenvalue weighted by atomic mass is 16.3. The van der Waals surface area contributed by atoms with Gasteiger partial charge in [0.25, 0.3) is 0 Å². The van der Waals surface area contributed by atoms with Gasteiger partial charge in [-0.3, -0.25) is 9.69 Å². The molecule has 1 aromatic heterocycles. The van der Waals surface area contributed by atoms with Crippen molar-refractivity contribution in [1.82, 2.24) is 10.2 Å². The van der Waals surface area contributed by atoms with Crippen molar-refractivity contribution in [3.05, 3.63) is 59.5 Å². The minimum absolute atomic E-state index is 0.00135. The van der Waals surface area contributed by atoms with E-state index < -0.39 is 0 Å². The van der Waals surface area contributed by atoms with Gasteiger partial charge in [-0.15, -0.1) is 0 Å². The Bertz CT molecular complexity index is 617. The van der Waals surface area contributed by atoms with Gasteiger partial charge in [0.1, 0.15) is 17.6 Å². The molecule has 0 saturated heterocycles. The Hall–Kier alpha value is -2.07. The largest absolute Gasteiger partial charge is 0.464 e. The first-order chi connectivity index (χ1) is 11.1. The second-order valence-corrected chi connectivity index (χ2v) is 5.71. The third-order valence-corrected chi connectivity index (χ3v) is 4.09. The van der Waals surface area contributed by atoms with Crippen molar-refractivity contribution in [2.24, 2.45) is 0 Å². The highest BCUT2D eigenvalue weighted by molar-refractivity contribution is 5.83. The molecule has 0 aliphatic heterocycles. The van der Waals surface area contributed by atoms with Crippen molar-refractivity contribution >= 4 is 5.91 Å². The SMILES string of the molecule is CCN(CC)C(C(=O)NC(C)c1ccc(C)o1)c1ccccc1. The normalized spacial score (nSPS) is 13.8. The molecule has 0 radical (unpaired) electrons. The Balaban J connectivity index is 2.19. The third kappa shape index (κ3) is 4.23. The molecule has 0 bridgehead atoms. The summed E-state index contributed by atoms with van der Waals surface area (Å²) in [6.07, 6.45) is 0. The lowest BCUT2D eigenvalue weighted by atomic mass is 10.0. The first kappa shape index (κ1) is 17.3. The number of hydrogen-bond donors (Lipinski definition) is 1. The Morgan fingerprint density at radius 2 is 1.78 bits per heavy atom. The topological polar surface area (TPSA) is 45.5 Å². The van der Waals surface area contributed by atoms with E-state index in [9.17, 15) is 4.79 Å². The van der Waals surface area contributed by atoms with Crippen LogP contribution in [0, 0.1) is 6.92 Å². The number of likely N-dealkylation sites (N-methyl/N-ethyl adjacent to an activating group) is 1. The van der Waals surface area contributed by atoms with Crippen LogP contribution in [-0.2, 0) is 4.79 Å². The summed E-state index contributed by atoms with van der Waals surface area (Å²) in [7, 11) is 0. The molecule has 1 aromatic carbocycles. The summed E-state index contributed by atoms with van der Waals surface area (Å²) >= 11 is 0. The van der Waals surface area contributed by atoms with Gasteiger partial charge in [-0.25, -0.2) is 0 Å². The molecule has 0 aliphatic rings. The zero-order chi connectivity index (χ0) is 16.8. The highest BCUT2D eigenvalue weighted by Gasteiger charge is 2.27. The summed E-state index contributed by atoms with van der Waals surface area (Å²) in [4.78, 5) is 15.1. The predicted octanol–water partition coefficient (Wildman–Crippen LogP) is 3.85. The molecule has 23 heavy (non-hydrogen) atoms. The van der Waals surface area contributed by atoms with Gasteiger partial charge in [0.2, 0.25) is 5.91 Å². The summed E-state index contributed by atoms with van der Waals surface area (Å²) < 4.78 is 5.62. The second kappa shape index (κ2) is 7.97. The lowest BCUT2D eigenvalue weighted by Crippen LogP contribution is -2.41. The quantitative estimate of drug-likeness (QED) is 0.844. The van der Waals surface area contributed by atoms with Gasteiger partial charge in [0, 0.05) is 0 Å². The minimum Gasteiger partial charge on any atom is -0.464 e. The fourth-order valence-corrected chi connectivity index (χ4v) is 2.80. The highest BCUT2D eigenvalue weighted by Crippen LogP contribution is 2.23. The number of nitrogens with one attached hydrogen (secondary N) is 1. The van der Waals surface area contributed by atoms with Crippen molar-refractivity contribution in [1.29, 1.82) is 0 Å². The number of rotatable bonds is 7. The molecule has 0 saturated carbocycles. The number of benzene rings is 1. The van der Waals surface area contributed by atoms with Gasteiger partial charge in [0.05, 0.1) is 6.04 Å². The molecule has 4 heteroatoms. The van der Waals surface area contributed by atoms with Crippen LogP contribution in [0.1, 0.15) is 49.9 Å². The van der Waals surface area contributed by atoms with Crippen molar-refractivity contribution in [3.8, 4) is 0 Å². The number of nitrogens with zero attached hydrogens (tertiary/aromatic N) is 1. The number of carbonyl (C=O) groups excluding carboxylic acids is 1. The maximum atomic E-state index is 12.9. The molecule has 0 spiro atoms. The summed E-state index contributed by atoms with van der Waals surface area (Å²) in [6.45, 7) is 9.63. The van der Waals surface area contributed by atoms with E-state index in [2.05, 4.69) is 24.1 Å². The second-order valence-electron chi connectivity index (χ2n) is 5.71. The van der Waals surface area contributed by atoms with Crippen LogP contribution in [0.25, 0.3) is 0 Å². The third-order valence-electron chi connectivity index (χ3n) is 4.09. The monoisotopic (exact) mass is 314 g/mol. The maximum Gasteiger partial charge on any atom is 0.242 e. The van der Waals surface area contributed by atoms with Gasteiger partial charge >= 0.3 is 0 Å². The molecule has 2 rings (SSSR count). The van der Waals surface area contributed by atoms with Crippen LogP contribution < -0.4 is 5.32 Å². The van der Waals surface area contributed by atoms with Gasteiger partial charge in [-0.1, -0.05) is 44.2 Å². The molecular weight excluding hydrogens is 288 g/mol. The summed E-state index contributed by atoms with van der Waals surface area (Å²) in [5.41, 5.74) is 1.01. The molecule has 1 amide bonds. The smallest absolute Gasteiger partial charge is 0.242 e. The van der Waals surface area contributed by atoms with Crippen molar-refractivity contribution < 1.29 is 9.21 Å². The molecule has 0 fully saturated rings. The summed E-state index contributed by atoms with van der Waals surface area (Å²) in [6, 6.07) is 13.3. The molecule has 2 unspecified atom stereocenters. The van der Waals surface area contributed by atoms with E-state index in [4.69, 9.17) is 4.42 Å². The Kier molecular flexibility index (Phi) is 5.99. The molecule has 2 aromatic rings. The Labute approximate surface area is 138 Å². The van der Waals surface area contributed by atoms with E-state index in [0.717, 1.165) is 30.2 Å². The van der Waals surface area contributed by atoms with Crippen molar-refractivity contribution in [2.45, 2.75) is 39.8 Å². The van der Waals surface area contributed by atoms with Crippen LogP contribution in [0.4, 0.5) is 0 Å². The number of carbonyl (C=O) groups is 1.